The van der Waals surface area contributed by atoms with Crippen LogP contribution < -0.4 is 0 Å². The number of carboxylic acid groups (broad SMARTS) is 1. The number of fused-ring (bicyclic) bond motifs is 1. The van der Waals surface area contributed by atoms with E-state index >= 15 is 0 Å². The Kier molecular flexibility index (Phi) is 2.91. The van der Waals surface area contributed by atoms with Crippen molar-refractivity contribution in [2.24, 2.45) is 13.0 Å². The van der Waals surface area contributed by atoms with Crippen LogP contribution in [0.4, 0.5) is 0 Å². The summed E-state index contributed by atoms with van der Waals surface area (Å²) in [5.74, 6) is 0.262. The average Bonchev–Trinajstić information content (AvgIpc) is 2.95. The van der Waals surface area contributed by atoms with Crippen molar-refractivity contribution in [3.05, 3.63) is 17.2 Å². The summed E-state index contributed by atoms with van der Waals surface area (Å²) in [7, 11) is 2.10. The lowest BCUT2D eigenvalue weighted by atomic mass is 9.88. The Morgan fingerprint density at radius 2 is 2.11 bits per heavy atom. The fourth-order valence-electron chi connectivity index (χ4n) is 3.84. The third-order valence-corrected chi connectivity index (χ3v) is 5.06. The second-order valence-electron chi connectivity index (χ2n) is 6.43. The lowest BCUT2D eigenvalue weighted by Gasteiger charge is -2.23. The molecule has 1 heterocycles. The quantitative estimate of drug-likeness (QED) is 0.890. The summed E-state index contributed by atoms with van der Waals surface area (Å²) in [4.78, 5) is 16.0. The summed E-state index contributed by atoms with van der Waals surface area (Å²) < 4.78 is 2.25. The Morgan fingerprint density at radius 3 is 2.74 bits per heavy atom. The van der Waals surface area contributed by atoms with Crippen molar-refractivity contribution in [1.82, 2.24) is 9.55 Å². The minimum Gasteiger partial charge on any atom is -0.481 e. The largest absolute Gasteiger partial charge is 0.481 e. The predicted octanol–water partition coefficient (Wildman–Crippen LogP) is 2.44. The monoisotopic (exact) mass is 262 g/mol. The maximum atomic E-state index is 11.1. The highest BCUT2D eigenvalue weighted by molar-refractivity contribution is 5.70. The molecule has 2 aliphatic carbocycles. The third kappa shape index (κ3) is 1.97. The molecule has 104 valence electrons. The number of rotatable bonds is 2. The SMILES string of the molecule is Cn1c(C2(C)CCCC2)nc2c1CCC(C(=O)O)C2. The molecule has 0 aromatic carbocycles. The van der Waals surface area contributed by atoms with Gasteiger partial charge in [0.05, 0.1) is 11.6 Å². The molecule has 1 aromatic heterocycles. The van der Waals surface area contributed by atoms with Crippen molar-refractivity contribution in [3.8, 4) is 0 Å². The van der Waals surface area contributed by atoms with Crippen molar-refractivity contribution in [2.75, 3.05) is 0 Å². The molecular weight excluding hydrogens is 240 g/mol. The Morgan fingerprint density at radius 1 is 1.42 bits per heavy atom. The molecule has 1 aromatic rings. The smallest absolute Gasteiger partial charge is 0.306 e. The zero-order valence-electron chi connectivity index (χ0n) is 11.8. The molecule has 2 aliphatic rings. The van der Waals surface area contributed by atoms with Gasteiger partial charge in [-0.25, -0.2) is 4.98 Å². The highest BCUT2D eigenvalue weighted by Gasteiger charge is 2.37. The summed E-state index contributed by atoms with van der Waals surface area (Å²) in [6.07, 6.45) is 7.19. The molecule has 3 rings (SSSR count). The molecule has 1 N–H and O–H groups in total. The molecule has 0 radical (unpaired) electrons. The molecule has 1 atom stereocenters. The van der Waals surface area contributed by atoms with Crippen LogP contribution in [0, 0.1) is 5.92 Å². The van der Waals surface area contributed by atoms with Gasteiger partial charge in [0.15, 0.2) is 0 Å². The first-order valence-corrected chi connectivity index (χ1v) is 7.29. The van der Waals surface area contributed by atoms with Crippen molar-refractivity contribution in [2.45, 2.75) is 57.3 Å². The van der Waals surface area contributed by atoms with E-state index in [1.165, 1.54) is 37.2 Å². The number of hydrogen-bond acceptors (Lipinski definition) is 2. The Bertz CT molecular complexity index is 512. The Labute approximate surface area is 113 Å². The molecule has 0 spiro atoms. The van der Waals surface area contributed by atoms with Gasteiger partial charge >= 0.3 is 5.97 Å². The highest BCUT2D eigenvalue weighted by atomic mass is 16.4. The van der Waals surface area contributed by atoms with Gasteiger partial charge in [0.2, 0.25) is 0 Å². The van der Waals surface area contributed by atoms with Gasteiger partial charge in [-0.2, -0.15) is 0 Å². The zero-order chi connectivity index (χ0) is 13.6. The minimum atomic E-state index is -0.676. The van der Waals surface area contributed by atoms with E-state index in [4.69, 9.17) is 10.1 Å². The summed E-state index contributed by atoms with van der Waals surface area (Å²) in [5.41, 5.74) is 2.50. The van der Waals surface area contributed by atoms with Gasteiger partial charge in [-0.1, -0.05) is 19.8 Å². The van der Waals surface area contributed by atoms with Crippen molar-refractivity contribution < 1.29 is 9.90 Å². The predicted molar refractivity (Wildman–Crippen MR) is 72.2 cm³/mol. The van der Waals surface area contributed by atoms with Crippen LogP contribution in [0.1, 0.15) is 56.2 Å². The standard InChI is InChI=1S/C15H22N2O2/c1-15(7-3-4-8-15)14-16-11-9-10(13(18)19)5-6-12(11)17(14)2/h10H,3-9H2,1-2H3,(H,18,19). The van der Waals surface area contributed by atoms with Crippen molar-refractivity contribution in [3.63, 3.8) is 0 Å². The summed E-state index contributed by atoms with van der Waals surface area (Å²) in [6, 6.07) is 0. The summed E-state index contributed by atoms with van der Waals surface area (Å²) >= 11 is 0. The number of carbonyl (C=O) groups is 1. The van der Waals surface area contributed by atoms with Crippen LogP contribution in [-0.4, -0.2) is 20.6 Å². The normalized spacial score (nSPS) is 25.3. The number of imidazole rings is 1. The number of carboxylic acids is 1. The first kappa shape index (κ1) is 12.7. The van der Waals surface area contributed by atoms with Gasteiger partial charge in [-0.3, -0.25) is 4.79 Å². The van der Waals surface area contributed by atoms with Crippen LogP contribution in [0.3, 0.4) is 0 Å². The number of nitrogens with zero attached hydrogens (tertiary/aromatic N) is 2. The molecule has 0 amide bonds. The molecule has 19 heavy (non-hydrogen) atoms. The summed E-state index contributed by atoms with van der Waals surface area (Å²) in [5, 5.41) is 9.17. The number of aromatic nitrogens is 2. The van der Waals surface area contributed by atoms with E-state index in [1.54, 1.807) is 0 Å². The molecule has 0 bridgehead atoms. The van der Waals surface area contributed by atoms with E-state index < -0.39 is 5.97 Å². The van der Waals surface area contributed by atoms with Crippen LogP contribution in [0.2, 0.25) is 0 Å². The van der Waals surface area contributed by atoms with Crippen LogP contribution >= 0.6 is 0 Å². The molecule has 1 unspecified atom stereocenters. The lowest BCUT2D eigenvalue weighted by molar-refractivity contribution is -0.142. The van der Waals surface area contributed by atoms with Crippen LogP contribution in [0.5, 0.6) is 0 Å². The van der Waals surface area contributed by atoms with Crippen LogP contribution in [0.15, 0.2) is 0 Å². The van der Waals surface area contributed by atoms with E-state index in [9.17, 15) is 4.79 Å². The number of hydrogen-bond donors (Lipinski definition) is 1. The zero-order valence-corrected chi connectivity index (χ0v) is 11.8. The highest BCUT2D eigenvalue weighted by Crippen LogP contribution is 2.41. The van der Waals surface area contributed by atoms with Crippen LogP contribution in [0.25, 0.3) is 0 Å². The molecule has 0 aliphatic heterocycles. The van der Waals surface area contributed by atoms with E-state index in [1.807, 2.05) is 0 Å². The molecule has 1 fully saturated rings. The maximum absolute atomic E-state index is 11.1. The van der Waals surface area contributed by atoms with Crippen molar-refractivity contribution >= 4 is 5.97 Å². The van der Waals surface area contributed by atoms with E-state index in [0.29, 0.717) is 6.42 Å². The van der Waals surface area contributed by atoms with Crippen molar-refractivity contribution in [1.29, 1.82) is 0 Å². The second kappa shape index (κ2) is 4.36. The van der Waals surface area contributed by atoms with E-state index in [-0.39, 0.29) is 11.3 Å². The van der Waals surface area contributed by atoms with Gasteiger partial charge in [-0.15, -0.1) is 0 Å². The molecule has 0 saturated heterocycles. The van der Waals surface area contributed by atoms with Gasteiger partial charge in [-0.05, 0) is 25.7 Å². The summed E-state index contributed by atoms with van der Waals surface area (Å²) in [6.45, 7) is 2.31. The molecule has 1 saturated carbocycles. The van der Waals surface area contributed by atoms with Gasteiger partial charge in [0.1, 0.15) is 5.82 Å². The van der Waals surface area contributed by atoms with E-state index in [0.717, 1.165) is 18.5 Å². The van der Waals surface area contributed by atoms with Gasteiger partial charge in [0.25, 0.3) is 0 Å². The topological polar surface area (TPSA) is 55.1 Å². The van der Waals surface area contributed by atoms with Gasteiger partial charge in [0, 0.05) is 24.6 Å². The Hall–Kier alpha value is -1.32. The fraction of sp³-hybridized carbons (Fsp3) is 0.733. The Balaban J connectivity index is 1.96. The molecule has 4 nitrogen and oxygen atoms in total. The second-order valence-corrected chi connectivity index (χ2v) is 6.43. The average molecular weight is 262 g/mol. The van der Waals surface area contributed by atoms with Gasteiger partial charge < -0.3 is 9.67 Å². The molecular formula is C15H22N2O2. The fourth-order valence-corrected chi connectivity index (χ4v) is 3.84. The molecule has 4 heteroatoms. The van der Waals surface area contributed by atoms with E-state index in [2.05, 4.69) is 18.5 Å². The minimum absolute atomic E-state index is 0.199. The number of aliphatic carboxylic acids is 1. The first-order chi connectivity index (χ1) is 9.01. The third-order valence-electron chi connectivity index (χ3n) is 5.06. The maximum Gasteiger partial charge on any atom is 0.306 e. The van der Waals surface area contributed by atoms with Crippen LogP contribution in [-0.2, 0) is 30.1 Å². The lowest BCUT2D eigenvalue weighted by Crippen LogP contribution is -2.23. The first-order valence-electron chi connectivity index (χ1n) is 7.29.